The Morgan fingerprint density at radius 1 is 1.09 bits per heavy atom. The minimum atomic E-state index is -1.53. The first kappa shape index (κ1) is 26.3. The SMILES string of the molecule is COCc1ccc(C(NC(=O)Cc2nnc(C)o2)C(=O)Nc2cc(F)c(S(C)(C)C)cc2F)cc1. The van der Waals surface area contributed by atoms with Crippen LogP contribution in [0.4, 0.5) is 14.5 Å². The molecule has 8 nitrogen and oxygen atoms in total. The number of nitrogens with one attached hydrogen (secondary N) is 2. The van der Waals surface area contributed by atoms with Crippen molar-refractivity contribution in [3.05, 3.63) is 70.9 Å². The highest BCUT2D eigenvalue weighted by Crippen LogP contribution is 2.47. The Balaban J connectivity index is 1.86. The molecular weight excluding hydrogens is 478 g/mol. The third-order valence-electron chi connectivity index (χ3n) is 5.01. The smallest absolute Gasteiger partial charge is 0.251 e. The first-order valence-electron chi connectivity index (χ1n) is 10.6. The van der Waals surface area contributed by atoms with Gasteiger partial charge < -0.3 is 19.8 Å². The van der Waals surface area contributed by atoms with Crippen LogP contribution in [0.2, 0.25) is 0 Å². The zero-order chi connectivity index (χ0) is 25.8. The summed E-state index contributed by atoms with van der Waals surface area (Å²) >= 11 is 0. The zero-order valence-corrected chi connectivity index (χ0v) is 21.0. The minimum Gasteiger partial charge on any atom is -0.425 e. The summed E-state index contributed by atoms with van der Waals surface area (Å²) in [4.78, 5) is 26.1. The summed E-state index contributed by atoms with van der Waals surface area (Å²) in [5, 5.41) is 12.5. The Morgan fingerprint density at radius 3 is 2.34 bits per heavy atom. The highest BCUT2D eigenvalue weighted by molar-refractivity contribution is 8.32. The van der Waals surface area contributed by atoms with E-state index in [4.69, 9.17) is 9.15 Å². The number of anilines is 1. The van der Waals surface area contributed by atoms with E-state index in [9.17, 15) is 18.4 Å². The molecular formula is C24H28F2N4O4S. The molecule has 2 N–H and O–H groups in total. The molecule has 0 bridgehead atoms. The summed E-state index contributed by atoms with van der Waals surface area (Å²) in [7, 11) is 0.0310. The molecule has 3 aromatic rings. The quantitative estimate of drug-likeness (QED) is 0.456. The van der Waals surface area contributed by atoms with Crippen molar-refractivity contribution in [3.8, 4) is 0 Å². The summed E-state index contributed by atoms with van der Waals surface area (Å²) in [5.41, 5.74) is 0.980. The van der Waals surface area contributed by atoms with Crippen LogP contribution < -0.4 is 10.6 Å². The second-order valence-electron chi connectivity index (χ2n) is 8.66. The van der Waals surface area contributed by atoms with Crippen molar-refractivity contribution >= 4 is 27.5 Å². The first-order valence-corrected chi connectivity index (χ1v) is 13.5. The number of benzene rings is 2. The standard InChI is InChI=1S/C24H28F2N4O4S/c1-14-29-30-22(34-14)12-21(31)28-23(16-8-6-15(7-9-16)13-33-2)24(32)27-19-10-18(26)20(11-17(19)25)35(3,4)5/h6-11,23H,12-13H2,1-5H3,(H,27,32)(H,28,31). The molecule has 0 aliphatic heterocycles. The van der Waals surface area contributed by atoms with Gasteiger partial charge in [0.25, 0.3) is 5.91 Å². The number of amides is 2. The van der Waals surface area contributed by atoms with E-state index in [2.05, 4.69) is 20.8 Å². The van der Waals surface area contributed by atoms with Crippen molar-refractivity contribution in [3.63, 3.8) is 0 Å². The number of hydrogen-bond donors (Lipinski definition) is 2. The summed E-state index contributed by atoms with van der Waals surface area (Å²) in [5.74, 6) is -2.29. The van der Waals surface area contributed by atoms with Crippen LogP contribution in [-0.4, -0.2) is 47.9 Å². The normalized spacial score (nSPS) is 12.8. The lowest BCUT2D eigenvalue weighted by Gasteiger charge is -2.27. The van der Waals surface area contributed by atoms with Gasteiger partial charge in [-0.05, 0) is 36.0 Å². The van der Waals surface area contributed by atoms with Gasteiger partial charge in [-0.25, -0.2) is 18.8 Å². The molecule has 0 aliphatic carbocycles. The van der Waals surface area contributed by atoms with E-state index in [1.807, 2.05) is 18.8 Å². The molecule has 188 valence electrons. The summed E-state index contributed by atoms with van der Waals surface area (Å²) in [6.45, 7) is 1.96. The minimum absolute atomic E-state index is 0.0861. The fourth-order valence-electron chi connectivity index (χ4n) is 3.33. The summed E-state index contributed by atoms with van der Waals surface area (Å²) in [6.07, 6.45) is 5.27. The molecule has 2 amide bonds. The summed E-state index contributed by atoms with van der Waals surface area (Å²) < 4.78 is 39.8. The number of aryl methyl sites for hydroxylation is 1. The van der Waals surface area contributed by atoms with Crippen molar-refractivity contribution in [1.29, 1.82) is 0 Å². The van der Waals surface area contributed by atoms with Gasteiger partial charge in [0.05, 0.1) is 12.3 Å². The Labute approximate surface area is 203 Å². The maximum atomic E-state index is 14.8. The predicted octanol–water partition coefficient (Wildman–Crippen LogP) is 3.89. The molecule has 0 aliphatic rings. The Hall–Kier alpha value is -3.31. The Kier molecular flexibility index (Phi) is 8.23. The fourth-order valence-corrected chi connectivity index (χ4v) is 4.43. The summed E-state index contributed by atoms with van der Waals surface area (Å²) in [6, 6.07) is 7.66. The van der Waals surface area contributed by atoms with E-state index in [1.165, 1.54) is 0 Å². The number of aromatic nitrogens is 2. The molecule has 1 aromatic heterocycles. The van der Waals surface area contributed by atoms with E-state index in [0.717, 1.165) is 17.7 Å². The van der Waals surface area contributed by atoms with Gasteiger partial charge in [0.2, 0.25) is 17.7 Å². The number of carbonyl (C=O) groups is 2. The van der Waals surface area contributed by atoms with Crippen LogP contribution in [0.25, 0.3) is 0 Å². The van der Waals surface area contributed by atoms with E-state index in [1.54, 1.807) is 38.3 Å². The molecule has 11 heteroatoms. The molecule has 0 spiro atoms. The van der Waals surface area contributed by atoms with Crippen LogP contribution >= 0.6 is 10.0 Å². The molecule has 1 heterocycles. The van der Waals surface area contributed by atoms with Crippen molar-refractivity contribution < 1.29 is 27.5 Å². The second kappa shape index (κ2) is 11.0. The highest BCUT2D eigenvalue weighted by Gasteiger charge is 2.26. The topological polar surface area (TPSA) is 106 Å². The van der Waals surface area contributed by atoms with E-state index in [0.29, 0.717) is 18.1 Å². The van der Waals surface area contributed by atoms with Crippen LogP contribution in [0, 0.1) is 18.6 Å². The lowest BCUT2D eigenvalue weighted by Crippen LogP contribution is -2.38. The van der Waals surface area contributed by atoms with Gasteiger partial charge in [0.1, 0.15) is 24.1 Å². The number of ether oxygens (including phenoxy) is 1. The van der Waals surface area contributed by atoms with Gasteiger partial charge >= 0.3 is 0 Å². The van der Waals surface area contributed by atoms with E-state index < -0.39 is 39.5 Å². The van der Waals surface area contributed by atoms with Crippen molar-refractivity contribution in [2.75, 3.05) is 31.2 Å². The molecule has 35 heavy (non-hydrogen) atoms. The van der Waals surface area contributed by atoms with Gasteiger partial charge in [-0.3, -0.25) is 9.59 Å². The largest absolute Gasteiger partial charge is 0.425 e. The lowest BCUT2D eigenvalue weighted by molar-refractivity contribution is -0.126. The van der Waals surface area contributed by atoms with Crippen molar-refractivity contribution in [1.82, 2.24) is 15.5 Å². The van der Waals surface area contributed by atoms with Gasteiger partial charge in [-0.1, -0.05) is 24.3 Å². The maximum Gasteiger partial charge on any atom is 0.251 e. The molecule has 0 radical (unpaired) electrons. The van der Waals surface area contributed by atoms with Crippen LogP contribution in [0.3, 0.4) is 0 Å². The number of halogens is 2. The maximum absolute atomic E-state index is 14.8. The van der Waals surface area contributed by atoms with Crippen LogP contribution in [0.15, 0.2) is 45.7 Å². The van der Waals surface area contributed by atoms with Gasteiger partial charge in [-0.15, -0.1) is 10.2 Å². The monoisotopic (exact) mass is 506 g/mol. The van der Waals surface area contributed by atoms with Crippen LogP contribution in [-0.2, 0) is 27.4 Å². The Morgan fingerprint density at radius 2 is 1.77 bits per heavy atom. The van der Waals surface area contributed by atoms with E-state index >= 15 is 0 Å². The lowest BCUT2D eigenvalue weighted by atomic mass is 10.0. The molecule has 0 fully saturated rings. The Bertz CT molecular complexity index is 1210. The average Bonchev–Trinajstić information content (AvgIpc) is 3.18. The number of hydrogen-bond acceptors (Lipinski definition) is 6. The molecule has 3 rings (SSSR count). The number of rotatable bonds is 9. The molecule has 1 unspecified atom stereocenters. The average molecular weight is 507 g/mol. The second-order valence-corrected chi connectivity index (χ2v) is 12.8. The fraction of sp³-hybridized carbons (Fsp3) is 0.333. The van der Waals surface area contributed by atoms with Gasteiger partial charge in [0.15, 0.2) is 0 Å². The van der Waals surface area contributed by atoms with Crippen molar-refractivity contribution in [2.45, 2.75) is 30.9 Å². The third kappa shape index (κ3) is 6.86. The number of methoxy groups -OCH3 is 1. The molecule has 0 saturated heterocycles. The molecule has 0 saturated carbocycles. The first-order chi connectivity index (χ1) is 16.5. The molecule has 2 aromatic carbocycles. The van der Waals surface area contributed by atoms with Crippen LogP contribution in [0.1, 0.15) is 29.0 Å². The number of nitrogens with zero attached hydrogens (tertiary/aromatic N) is 2. The zero-order valence-electron chi connectivity index (χ0n) is 20.1. The highest BCUT2D eigenvalue weighted by atomic mass is 32.3. The van der Waals surface area contributed by atoms with Gasteiger partial charge in [-0.2, -0.15) is 0 Å². The predicted molar refractivity (Wildman–Crippen MR) is 129 cm³/mol. The van der Waals surface area contributed by atoms with Gasteiger partial charge in [0, 0.05) is 25.0 Å². The van der Waals surface area contributed by atoms with Crippen molar-refractivity contribution in [2.24, 2.45) is 0 Å². The van der Waals surface area contributed by atoms with Crippen LogP contribution in [0.5, 0.6) is 0 Å². The van der Waals surface area contributed by atoms with E-state index in [-0.39, 0.29) is 22.9 Å². The molecule has 1 atom stereocenters. The number of carbonyl (C=O) groups excluding carboxylic acids is 2. The third-order valence-corrected chi connectivity index (χ3v) is 6.64.